The molecular formula is C15H24N2O2. The van der Waals surface area contributed by atoms with E-state index in [0.717, 1.165) is 38.5 Å². The van der Waals surface area contributed by atoms with Gasteiger partial charge in [0.05, 0.1) is 12.7 Å². The number of benzene rings is 1. The zero-order chi connectivity index (χ0) is 13.9. The van der Waals surface area contributed by atoms with E-state index in [9.17, 15) is 5.11 Å². The predicted octanol–water partition coefficient (Wildman–Crippen LogP) is 1.59. The monoisotopic (exact) mass is 264 g/mol. The lowest BCUT2D eigenvalue weighted by Gasteiger charge is -2.38. The Morgan fingerprint density at radius 2 is 1.68 bits per heavy atom. The Labute approximate surface area is 115 Å². The molecule has 0 saturated carbocycles. The number of methoxy groups -OCH3 is 1. The van der Waals surface area contributed by atoms with Crippen LogP contribution < -0.4 is 9.64 Å². The lowest BCUT2D eigenvalue weighted by molar-refractivity contribution is 0.0345. The van der Waals surface area contributed by atoms with Crippen LogP contribution >= 0.6 is 0 Å². The first-order valence-corrected chi connectivity index (χ1v) is 6.82. The number of ether oxygens (including phenoxy) is 1. The van der Waals surface area contributed by atoms with Crippen molar-refractivity contribution < 1.29 is 9.84 Å². The molecule has 1 aromatic rings. The van der Waals surface area contributed by atoms with E-state index in [-0.39, 0.29) is 0 Å². The summed E-state index contributed by atoms with van der Waals surface area (Å²) in [5, 5.41) is 9.84. The lowest BCUT2D eigenvalue weighted by atomic mass is 10.1. The molecule has 1 aliphatic heterocycles. The number of hydrogen-bond acceptors (Lipinski definition) is 4. The van der Waals surface area contributed by atoms with Crippen LogP contribution in [0.15, 0.2) is 24.3 Å². The Balaban J connectivity index is 1.88. The molecule has 106 valence electrons. The molecule has 0 aromatic heterocycles. The summed E-state index contributed by atoms with van der Waals surface area (Å²) in [7, 11) is 1.68. The highest BCUT2D eigenvalue weighted by Crippen LogP contribution is 2.20. The van der Waals surface area contributed by atoms with Crippen molar-refractivity contribution >= 4 is 5.69 Å². The molecule has 0 unspecified atom stereocenters. The standard InChI is InChI=1S/C15H24N2O2/c1-15(2,18)12-16-8-10-17(11-9-16)13-4-6-14(19-3)7-5-13/h4-7,18H,8-12H2,1-3H3. The molecule has 1 saturated heterocycles. The van der Waals surface area contributed by atoms with E-state index in [1.807, 2.05) is 26.0 Å². The van der Waals surface area contributed by atoms with Gasteiger partial charge in [-0.25, -0.2) is 0 Å². The molecule has 1 fully saturated rings. The maximum absolute atomic E-state index is 9.84. The third-order valence-electron chi connectivity index (χ3n) is 3.42. The molecule has 0 bridgehead atoms. The second-order valence-corrected chi connectivity index (χ2v) is 5.77. The smallest absolute Gasteiger partial charge is 0.119 e. The molecule has 2 rings (SSSR count). The van der Waals surface area contributed by atoms with E-state index in [1.165, 1.54) is 5.69 Å². The number of β-amino-alcohol motifs (C(OH)–C–C–N with tert-alkyl or cyclic N) is 1. The van der Waals surface area contributed by atoms with Gasteiger partial charge in [0.25, 0.3) is 0 Å². The van der Waals surface area contributed by atoms with Gasteiger partial charge >= 0.3 is 0 Å². The molecule has 1 heterocycles. The minimum atomic E-state index is -0.609. The van der Waals surface area contributed by atoms with Gasteiger partial charge in [-0.3, -0.25) is 4.90 Å². The Kier molecular flexibility index (Phi) is 4.32. The van der Waals surface area contributed by atoms with E-state index in [0.29, 0.717) is 0 Å². The van der Waals surface area contributed by atoms with E-state index >= 15 is 0 Å². The van der Waals surface area contributed by atoms with Crippen molar-refractivity contribution in [2.75, 3.05) is 44.7 Å². The van der Waals surface area contributed by atoms with Gasteiger partial charge in [-0.05, 0) is 38.1 Å². The van der Waals surface area contributed by atoms with Crippen LogP contribution in [0.5, 0.6) is 5.75 Å². The Bertz CT molecular complexity index is 390. The van der Waals surface area contributed by atoms with E-state index in [2.05, 4.69) is 21.9 Å². The molecule has 1 N–H and O–H groups in total. The number of aliphatic hydroxyl groups is 1. The van der Waals surface area contributed by atoms with Crippen molar-refractivity contribution in [3.8, 4) is 5.75 Å². The van der Waals surface area contributed by atoms with E-state index in [1.54, 1.807) is 7.11 Å². The summed E-state index contributed by atoms with van der Waals surface area (Å²) in [4.78, 5) is 4.69. The van der Waals surface area contributed by atoms with E-state index in [4.69, 9.17) is 4.74 Å². The number of anilines is 1. The fourth-order valence-electron chi connectivity index (χ4n) is 2.50. The highest BCUT2D eigenvalue weighted by molar-refractivity contribution is 5.49. The maximum atomic E-state index is 9.84. The Hall–Kier alpha value is -1.26. The van der Waals surface area contributed by atoms with Gasteiger partial charge in [0.2, 0.25) is 0 Å². The summed E-state index contributed by atoms with van der Waals surface area (Å²) < 4.78 is 5.17. The van der Waals surface area contributed by atoms with Gasteiger partial charge in [0.15, 0.2) is 0 Å². The van der Waals surface area contributed by atoms with Crippen molar-refractivity contribution in [2.45, 2.75) is 19.4 Å². The third-order valence-corrected chi connectivity index (χ3v) is 3.42. The summed E-state index contributed by atoms with van der Waals surface area (Å²) >= 11 is 0. The van der Waals surface area contributed by atoms with Gasteiger partial charge in [0.1, 0.15) is 5.75 Å². The van der Waals surface area contributed by atoms with E-state index < -0.39 is 5.60 Å². The molecule has 4 heteroatoms. The summed E-state index contributed by atoms with van der Waals surface area (Å²) in [6, 6.07) is 8.20. The largest absolute Gasteiger partial charge is 0.497 e. The van der Waals surface area contributed by atoms with Crippen LogP contribution in [-0.4, -0.2) is 55.4 Å². The fraction of sp³-hybridized carbons (Fsp3) is 0.600. The number of piperazine rings is 1. The molecule has 1 aliphatic rings. The molecule has 0 radical (unpaired) electrons. The molecule has 1 aromatic carbocycles. The van der Waals surface area contributed by atoms with Crippen molar-refractivity contribution in [2.24, 2.45) is 0 Å². The molecule has 4 nitrogen and oxygen atoms in total. The first kappa shape index (κ1) is 14.2. The van der Waals surface area contributed by atoms with Crippen LogP contribution in [0.3, 0.4) is 0 Å². The molecule has 0 atom stereocenters. The van der Waals surface area contributed by atoms with Crippen LogP contribution in [0.1, 0.15) is 13.8 Å². The van der Waals surface area contributed by atoms with Crippen molar-refractivity contribution in [3.63, 3.8) is 0 Å². The van der Waals surface area contributed by atoms with Gasteiger partial charge in [0, 0.05) is 38.4 Å². The summed E-state index contributed by atoms with van der Waals surface area (Å²) in [6.45, 7) is 8.46. The maximum Gasteiger partial charge on any atom is 0.119 e. The summed E-state index contributed by atoms with van der Waals surface area (Å²) in [5.41, 5.74) is 0.631. The highest BCUT2D eigenvalue weighted by atomic mass is 16.5. The van der Waals surface area contributed by atoms with Gasteiger partial charge in [-0.1, -0.05) is 0 Å². The van der Waals surface area contributed by atoms with Gasteiger partial charge < -0.3 is 14.7 Å². The van der Waals surface area contributed by atoms with Crippen LogP contribution in [0.25, 0.3) is 0 Å². The Morgan fingerprint density at radius 3 is 2.16 bits per heavy atom. The van der Waals surface area contributed by atoms with Crippen LogP contribution in [0.4, 0.5) is 5.69 Å². The minimum Gasteiger partial charge on any atom is -0.497 e. The van der Waals surface area contributed by atoms with Crippen molar-refractivity contribution in [1.29, 1.82) is 0 Å². The quantitative estimate of drug-likeness (QED) is 0.896. The number of nitrogens with zero attached hydrogens (tertiary/aromatic N) is 2. The second kappa shape index (κ2) is 5.80. The topological polar surface area (TPSA) is 35.9 Å². The molecule has 0 amide bonds. The third kappa shape index (κ3) is 4.11. The SMILES string of the molecule is COc1ccc(N2CCN(CC(C)(C)O)CC2)cc1. The highest BCUT2D eigenvalue weighted by Gasteiger charge is 2.22. The number of hydrogen-bond donors (Lipinski definition) is 1. The summed E-state index contributed by atoms with van der Waals surface area (Å²) in [6.07, 6.45) is 0. The van der Waals surface area contributed by atoms with Crippen molar-refractivity contribution in [1.82, 2.24) is 4.90 Å². The number of rotatable bonds is 4. The van der Waals surface area contributed by atoms with Crippen LogP contribution in [0.2, 0.25) is 0 Å². The first-order chi connectivity index (χ1) is 8.98. The normalized spacial score (nSPS) is 17.6. The zero-order valence-electron chi connectivity index (χ0n) is 12.1. The average molecular weight is 264 g/mol. The van der Waals surface area contributed by atoms with Gasteiger partial charge in [-0.2, -0.15) is 0 Å². The predicted molar refractivity (Wildman–Crippen MR) is 77.9 cm³/mol. The second-order valence-electron chi connectivity index (χ2n) is 5.77. The molecule has 19 heavy (non-hydrogen) atoms. The minimum absolute atomic E-state index is 0.609. The molecule has 0 spiro atoms. The van der Waals surface area contributed by atoms with Crippen LogP contribution in [-0.2, 0) is 0 Å². The summed E-state index contributed by atoms with van der Waals surface area (Å²) in [5.74, 6) is 0.893. The Morgan fingerprint density at radius 1 is 1.11 bits per heavy atom. The lowest BCUT2D eigenvalue weighted by Crippen LogP contribution is -2.50. The van der Waals surface area contributed by atoms with Gasteiger partial charge in [-0.15, -0.1) is 0 Å². The zero-order valence-corrected chi connectivity index (χ0v) is 12.1. The van der Waals surface area contributed by atoms with Crippen molar-refractivity contribution in [3.05, 3.63) is 24.3 Å². The van der Waals surface area contributed by atoms with Crippen LogP contribution in [0, 0.1) is 0 Å². The fourth-order valence-corrected chi connectivity index (χ4v) is 2.50. The molecule has 0 aliphatic carbocycles. The molecular weight excluding hydrogens is 240 g/mol. The first-order valence-electron chi connectivity index (χ1n) is 6.82. The average Bonchev–Trinajstić information content (AvgIpc) is 2.38.